The van der Waals surface area contributed by atoms with Crippen LogP contribution in [0.25, 0.3) is 11.1 Å². The van der Waals surface area contributed by atoms with E-state index in [0.717, 1.165) is 6.42 Å². The van der Waals surface area contributed by atoms with Crippen molar-refractivity contribution in [1.82, 2.24) is 4.98 Å². The normalized spacial score (nSPS) is 22.9. The van der Waals surface area contributed by atoms with Crippen LogP contribution in [-0.4, -0.2) is 15.9 Å². The predicted octanol–water partition coefficient (Wildman–Crippen LogP) is 4.12. The van der Waals surface area contributed by atoms with Gasteiger partial charge in [-0.2, -0.15) is 4.98 Å². The molecule has 1 aromatic heterocycles. The van der Waals surface area contributed by atoms with Gasteiger partial charge in [0.25, 0.3) is 11.7 Å². The van der Waals surface area contributed by atoms with Crippen LogP contribution in [0.1, 0.15) is 39.0 Å². The molecule has 1 aliphatic rings. The molecule has 3 rings (SSSR count). The van der Waals surface area contributed by atoms with Gasteiger partial charge >= 0.3 is 0 Å². The molecular formula is C15H19N3O3. The summed E-state index contributed by atoms with van der Waals surface area (Å²) in [5.74, 6) is 0.553. The van der Waals surface area contributed by atoms with Gasteiger partial charge < -0.3 is 9.73 Å². The summed E-state index contributed by atoms with van der Waals surface area (Å²) in [6, 6.07) is 5.47. The van der Waals surface area contributed by atoms with Crippen LogP contribution in [0.4, 0.5) is 11.7 Å². The summed E-state index contributed by atoms with van der Waals surface area (Å²) in [4.78, 5) is 14.9. The van der Waals surface area contributed by atoms with Gasteiger partial charge in [-0.1, -0.05) is 32.3 Å². The van der Waals surface area contributed by atoms with Gasteiger partial charge in [-0.25, -0.2) is 0 Å². The molecule has 2 unspecified atom stereocenters. The van der Waals surface area contributed by atoms with Crippen LogP contribution in [0.5, 0.6) is 0 Å². The minimum atomic E-state index is -0.428. The van der Waals surface area contributed by atoms with Gasteiger partial charge in [0.2, 0.25) is 0 Å². The molecule has 1 aromatic carbocycles. The highest BCUT2D eigenvalue weighted by atomic mass is 16.6. The third-order valence-electron chi connectivity index (χ3n) is 4.26. The van der Waals surface area contributed by atoms with Crippen molar-refractivity contribution in [2.45, 2.75) is 45.1 Å². The Morgan fingerprint density at radius 1 is 1.33 bits per heavy atom. The van der Waals surface area contributed by atoms with Crippen LogP contribution >= 0.6 is 0 Å². The molecule has 1 saturated carbocycles. The summed E-state index contributed by atoms with van der Waals surface area (Å²) >= 11 is 0. The molecule has 21 heavy (non-hydrogen) atoms. The molecule has 0 spiro atoms. The number of nitrogens with zero attached hydrogens (tertiary/aromatic N) is 2. The Morgan fingerprint density at radius 2 is 2.14 bits per heavy atom. The van der Waals surface area contributed by atoms with Crippen molar-refractivity contribution in [3.05, 3.63) is 28.3 Å². The van der Waals surface area contributed by atoms with E-state index in [0.29, 0.717) is 29.1 Å². The van der Waals surface area contributed by atoms with Gasteiger partial charge in [0, 0.05) is 12.1 Å². The average molecular weight is 289 g/mol. The van der Waals surface area contributed by atoms with E-state index in [2.05, 4.69) is 17.2 Å². The minimum Gasteiger partial charge on any atom is -0.423 e. The smallest absolute Gasteiger partial charge is 0.298 e. The number of nitrogens with one attached hydrogen (secondary N) is 1. The molecular weight excluding hydrogens is 270 g/mol. The highest BCUT2D eigenvalue weighted by Crippen LogP contribution is 2.30. The minimum absolute atomic E-state index is 0.0155. The number of fused-ring (bicyclic) bond motifs is 1. The predicted molar refractivity (Wildman–Crippen MR) is 80.3 cm³/mol. The Hall–Kier alpha value is -2.11. The number of hydrogen-bond donors (Lipinski definition) is 1. The molecule has 6 nitrogen and oxygen atoms in total. The Bertz CT molecular complexity index is 653. The number of para-hydroxylation sites is 1. The second-order valence-corrected chi connectivity index (χ2v) is 5.77. The molecule has 1 N–H and O–H groups in total. The third-order valence-corrected chi connectivity index (χ3v) is 4.26. The lowest BCUT2D eigenvalue weighted by molar-refractivity contribution is -0.383. The number of nitro groups is 1. The summed E-state index contributed by atoms with van der Waals surface area (Å²) in [6.45, 7) is 2.23. The summed E-state index contributed by atoms with van der Waals surface area (Å²) in [5, 5.41) is 14.3. The van der Waals surface area contributed by atoms with Crippen molar-refractivity contribution in [3.63, 3.8) is 0 Å². The summed E-state index contributed by atoms with van der Waals surface area (Å²) in [7, 11) is 0. The van der Waals surface area contributed by atoms with E-state index >= 15 is 0 Å². The highest BCUT2D eigenvalue weighted by Gasteiger charge is 2.23. The van der Waals surface area contributed by atoms with Crippen molar-refractivity contribution in [1.29, 1.82) is 0 Å². The summed E-state index contributed by atoms with van der Waals surface area (Å²) in [6.07, 6.45) is 6.00. The zero-order valence-electron chi connectivity index (χ0n) is 12.0. The Balaban J connectivity index is 1.87. The van der Waals surface area contributed by atoms with Crippen molar-refractivity contribution >= 4 is 22.8 Å². The number of non-ortho nitro benzene ring substituents is 1. The lowest BCUT2D eigenvalue weighted by Crippen LogP contribution is -2.26. The molecule has 0 radical (unpaired) electrons. The second-order valence-electron chi connectivity index (χ2n) is 5.77. The number of hydrogen-bond acceptors (Lipinski definition) is 5. The Morgan fingerprint density at radius 3 is 2.95 bits per heavy atom. The van der Waals surface area contributed by atoms with Crippen LogP contribution in [-0.2, 0) is 0 Å². The Kier molecular flexibility index (Phi) is 3.77. The van der Waals surface area contributed by atoms with E-state index < -0.39 is 4.92 Å². The van der Waals surface area contributed by atoms with Crippen molar-refractivity contribution in [2.75, 3.05) is 5.32 Å². The molecule has 0 amide bonds. The fourth-order valence-electron chi connectivity index (χ4n) is 3.01. The molecule has 1 heterocycles. The van der Waals surface area contributed by atoms with Crippen molar-refractivity contribution in [3.8, 4) is 0 Å². The molecule has 2 aromatic rings. The fourth-order valence-corrected chi connectivity index (χ4v) is 3.01. The van der Waals surface area contributed by atoms with Crippen LogP contribution < -0.4 is 5.32 Å². The molecule has 0 bridgehead atoms. The van der Waals surface area contributed by atoms with Gasteiger partial charge in [-0.05, 0) is 24.8 Å². The van der Waals surface area contributed by atoms with Gasteiger partial charge in [-0.15, -0.1) is 0 Å². The maximum atomic E-state index is 11.0. The van der Waals surface area contributed by atoms with Crippen LogP contribution in [0.2, 0.25) is 0 Å². The van der Waals surface area contributed by atoms with E-state index in [1.807, 2.05) is 0 Å². The molecule has 1 fully saturated rings. The summed E-state index contributed by atoms with van der Waals surface area (Å²) in [5.41, 5.74) is 0.748. The standard InChI is InChI=1S/C15H19N3O3/c1-10-6-3-2-4-7-11(10)16-15-17-14-12(18(19)20)8-5-9-13(14)21-15/h5,8-11H,2-4,6-7H2,1H3,(H,16,17). The number of anilines is 1. The van der Waals surface area contributed by atoms with E-state index in [4.69, 9.17) is 4.42 Å². The first-order valence-corrected chi connectivity index (χ1v) is 7.45. The first-order chi connectivity index (χ1) is 10.1. The van der Waals surface area contributed by atoms with Crippen LogP contribution in [0.15, 0.2) is 22.6 Å². The lowest BCUT2D eigenvalue weighted by Gasteiger charge is -2.21. The van der Waals surface area contributed by atoms with E-state index in [9.17, 15) is 10.1 Å². The maximum absolute atomic E-state index is 11.0. The Labute approximate surface area is 122 Å². The van der Waals surface area contributed by atoms with Crippen molar-refractivity contribution in [2.24, 2.45) is 5.92 Å². The number of rotatable bonds is 3. The number of benzene rings is 1. The lowest BCUT2D eigenvalue weighted by atomic mass is 9.97. The topological polar surface area (TPSA) is 81.2 Å². The molecule has 112 valence electrons. The molecule has 1 aliphatic carbocycles. The third kappa shape index (κ3) is 2.84. The quantitative estimate of drug-likeness (QED) is 0.522. The molecule has 6 heteroatoms. The van der Waals surface area contributed by atoms with E-state index in [1.165, 1.54) is 31.7 Å². The molecule has 0 aliphatic heterocycles. The number of oxazole rings is 1. The number of nitro benzene ring substituents is 1. The van der Waals surface area contributed by atoms with Gasteiger partial charge in [0.15, 0.2) is 11.1 Å². The zero-order valence-corrected chi connectivity index (χ0v) is 12.0. The van der Waals surface area contributed by atoms with Crippen molar-refractivity contribution < 1.29 is 9.34 Å². The molecule has 0 saturated heterocycles. The second kappa shape index (κ2) is 5.71. The maximum Gasteiger partial charge on any atom is 0.298 e. The van der Waals surface area contributed by atoms with E-state index in [-0.39, 0.29) is 5.69 Å². The van der Waals surface area contributed by atoms with Crippen LogP contribution in [0.3, 0.4) is 0 Å². The fraction of sp³-hybridized carbons (Fsp3) is 0.533. The SMILES string of the molecule is CC1CCCCCC1Nc1nc2c([N+](=O)[O-])cccc2o1. The van der Waals surface area contributed by atoms with Crippen LogP contribution in [0, 0.1) is 16.0 Å². The number of aromatic nitrogens is 1. The van der Waals surface area contributed by atoms with Gasteiger partial charge in [-0.3, -0.25) is 10.1 Å². The monoisotopic (exact) mass is 289 g/mol. The van der Waals surface area contributed by atoms with Gasteiger partial charge in [0.05, 0.1) is 4.92 Å². The molecule has 2 atom stereocenters. The van der Waals surface area contributed by atoms with Gasteiger partial charge in [0.1, 0.15) is 0 Å². The highest BCUT2D eigenvalue weighted by molar-refractivity contribution is 5.84. The zero-order chi connectivity index (χ0) is 14.8. The van der Waals surface area contributed by atoms with E-state index in [1.54, 1.807) is 12.1 Å². The largest absolute Gasteiger partial charge is 0.423 e. The average Bonchev–Trinajstić information content (AvgIpc) is 2.76. The first kappa shape index (κ1) is 13.9. The first-order valence-electron chi connectivity index (χ1n) is 7.45. The summed E-state index contributed by atoms with van der Waals surface area (Å²) < 4.78 is 5.62.